The van der Waals surface area contributed by atoms with Gasteiger partial charge in [-0.05, 0) is 38.1 Å². The Morgan fingerprint density at radius 2 is 2.33 bits per heavy atom. The van der Waals surface area contributed by atoms with Crippen molar-refractivity contribution in [2.45, 2.75) is 51.6 Å². The van der Waals surface area contributed by atoms with E-state index < -0.39 is 0 Å². The molecule has 2 aromatic rings. The van der Waals surface area contributed by atoms with Crippen LogP contribution in [0.15, 0.2) is 22.0 Å². The summed E-state index contributed by atoms with van der Waals surface area (Å²) in [7, 11) is 0. The van der Waals surface area contributed by atoms with Crippen molar-refractivity contribution < 1.29 is 9.32 Å². The predicted molar refractivity (Wildman–Crippen MR) is 80.9 cm³/mol. The van der Waals surface area contributed by atoms with Crippen molar-refractivity contribution in [2.24, 2.45) is 0 Å². The van der Waals surface area contributed by atoms with Crippen molar-refractivity contribution >= 4 is 17.2 Å². The zero-order valence-electron chi connectivity index (χ0n) is 12.3. The molecule has 3 rings (SSSR count). The Bertz CT molecular complexity index is 600. The van der Waals surface area contributed by atoms with Crippen LogP contribution in [0.4, 0.5) is 0 Å². The summed E-state index contributed by atoms with van der Waals surface area (Å²) in [5.74, 6) is 1.32. The summed E-state index contributed by atoms with van der Waals surface area (Å²) >= 11 is 1.57. The Hall–Kier alpha value is -1.69. The lowest BCUT2D eigenvalue weighted by molar-refractivity contribution is -0.133. The Morgan fingerprint density at radius 3 is 2.95 bits per heavy atom. The molecular weight excluding hydrogens is 286 g/mol. The fraction of sp³-hybridized carbons (Fsp3) is 0.533. The van der Waals surface area contributed by atoms with Crippen LogP contribution in [0.1, 0.15) is 39.0 Å². The van der Waals surface area contributed by atoms with Crippen LogP contribution in [0, 0.1) is 0 Å². The predicted octanol–water partition coefficient (Wildman–Crippen LogP) is 3.13. The molecule has 6 heteroatoms. The molecule has 1 amide bonds. The van der Waals surface area contributed by atoms with Crippen molar-refractivity contribution in [3.63, 3.8) is 0 Å². The maximum atomic E-state index is 12.3. The molecule has 2 aromatic heterocycles. The van der Waals surface area contributed by atoms with Crippen LogP contribution in [0.25, 0.3) is 10.7 Å². The molecule has 0 unspecified atom stereocenters. The molecule has 0 bridgehead atoms. The normalized spacial score (nSPS) is 14.6. The van der Waals surface area contributed by atoms with Crippen LogP contribution in [-0.2, 0) is 11.2 Å². The first kappa shape index (κ1) is 14.3. The molecule has 0 N–H and O–H groups in total. The highest BCUT2D eigenvalue weighted by atomic mass is 32.1. The van der Waals surface area contributed by atoms with E-state index in [1.807, 2.05) is 22.4 Å². The van der Waals surface area contributed by atoms with E-state index in [2.05, 4.69) is 24.0 Å². The summed E-state index contributed by atoms with van der Waals surface area (Å²) in [4.78, 5) is 19.6. The molecule has 1 aliphatic carbocycles. The Labute approximate surface area is 128 Å². The van der Waals surface area contributed by atoms with E-state index in [4.69, 9.17) is 4.52 Å². The molecule has 0 radical (unpaired) electrons. The van der Waals surface area contributed by atoms with Gasteiger partial charge < -0.3 is 9.42 Å². The monoisotopic (exact) mass is 305 g/mol. The van der Waals surface area contributed by atoms with Crippen molar-refractivity contribution in [3.05, 3.63) is 23.4 Å². The molecule has 1 fully saturated rings. The van der Waals surface area contributed by atoms with Crippen molar-refractivity contribution in [3.8, 4) is 10.7 Å². The number of thiophene rings is 1. The molecule has 0 aromatic carbocycles. The number of carbonyl (C=O) groups is 1. The zero-order valence-corrected chi connectivity index (χ0v) is 13.1. The first-order valence-electron chi connectivity index (χ1n) is 7.33. The summed E-state index contributed by atoms with van der Waals surface area (Å²) < 4.78 is 5.23. The van der Waals surface area contributed by atoms with Gasteiger partial charge >= 0.3 is 0 Å². The van der Waals surface area contributed by atoms with Gasteiger partial charge in [0.2, 0.25) is 17.6 Å². The zero-order chi connectivity index (χ0) is 14.8. The minimum Gasteiger partial charge on any atom is -0.339 e. The first-order chi connectivity index (χ1) is 10.1. The number of aryl methyl sites for hydroxylation is 1. The number of amides is 1. The second-order valence-corrected chi connectivity index (χ2v) is 6.56. The third-order valence-corrected chi connectivity index (χ3v) is 4.41. The lowest BCUT2D eigenvalue weighted by atomic mass is 10.2. The maximum Gasteiger partial charge on any atom is 0.227 e. The van der Waals surface area contributed by atoms with Gasteiger partial charge in [0.15, 0.2) is 0 Å². The molecule has 112 valence electrons. The van der Waals surface area contributed by atoms with Crippen LogP contribution in [-0.4, -0.2) is 33.0 Å². The number of aromatic nitrogens is 2. The largest absolute Gasteiger partial charge is 0.339 e. The summed E-state index contributed by atoms with van der Waals surface area (Å²) in [5, 5.41) is 5.94. The summed E-state index contributed by atoms with van der Waals surface area (Å²) in [6, 6.07) is 4.62. The van der Waals surface area contributed by atoms with E-state index in [9.17, 15) is 4.79 Å². The first-order valence-corrected chi connectivity index (χ1v) is 8.20. The van der Waals surface area contributed by atoms with Gasteiger partial charge in [-0.15, -0.1) is 11.3 Å². The standard InChI is InChI=1S/C15H19N3O2S/c1-10(2)18(11-5-6-11)14(19)8-7-13-16-15(17-20-13)12-4-3-9-21-12/h3-4,9-11H,5-8H2,1-2H3. The third-order valence-electron chi connectivity index (χ3n) is 3.55. The minimum atomic E-state index is 0.184. The third kappa shape index (κ3) is 3.32. The molecule has 5 nitrogen and oxygen atoms in total. The molecular formula is C15H19N3O2S. The quantitative estimate of drug-likeness (QED) is 0.822. The topological polar surface area (TPSA) is 59.2 Å². The van der Waals surface area contributed by atoms with Gasteiger partial charge in [-0.25, -0.2) is 0 Å². The van der Waals surface area contributed by atoms with Gasteiger partial charge in [-0.2, -0.15) is 4.98 Å². The van der Waals surface area contributed by atoms with E-state index in [-0.39, 0.29) is 11.9 Å². The Morgan fingerprint density at radius 1 is 1.52 bits per heavy atom. The number of nitrogens with zero attached hydrogens (tertiary/aromatic N) is 3. The summed E-state index contributed by atoms with van der Waals surface area (Å²) in [6.45, 7) is 4.13. The maximum absolute atomic E-state index is 12.3. The number of hydrogen-bond donors (Lipinski definition) is 0. The van der Waals surface area contributed by atoms with Gasteiger partial charge in [0, 0.05) is 24.9 Å². The smallest absolute Gasteiger partial charge is 0.227 e. The highest BCUT2D eigenvalue weighted by Gasteiger charge is 2.33. The average molecular weight is 305 g/mol. The SMILES string of the molecule is CC(C)N(C(=O)CCc1nc(-c2cccs2)no1)C1CC1. The Kier molecular flexibility index (Phi) is 4.05. The van der Waals surface area contributed by atoms with Crippen molar-refractivity contribution in [1.82, 2.24) is 15.0 Å². The molecule has 0 spiro atoms. The highest BCUT2D eigenvalue weighted by Crippen LogP contribution is 2.29. The number of carbonyl (C=O) groups excluding carboxylic acids is 1. The van der Waals surface area contributed by atoms with E-state index in [0.717, 1.165) is 17.7 Å². The van der Waals surface area contributed by atoms with E-state index in [0.29, 0.717) is 30.6 Å². The fourth-order valence-corrected chi connectivity index (χ4v) is 3.12. The number of hydrogen-bond acceptors (Lipinski definition) is 5. The fourth-order valence-electron chi connectivity index (χ4n) is 2.47. The molecule has 0 aliphatic heterocycles. The summed E-state index contributed by atoms with van der Waals surface area (Å²) in [5.41, 5.74) is 0. The van der Waals surface area contributed by atoms with E-state index >= 15 is 0 Å². The van der Waals surface area contributed by atoms with Crippen LogP contribution in [0.2, 0.25) is 0 Å². The van der Waals surface area contributed by atoms with Crippen molar-refractivity contribution in [1.29, 1.82) is 0 Å². The van der Waals surface area contributed by atoms with Crippen LogP contribution < -0.4 is 0 Å². The lowest BCUT2D eigenvalue weighted by Crippen LogP contribution is -2.38. The van der Waals surface area contributed by atoms with Gasteiger partial charge in [0.05, 0.1) is 4.88 Å². The van der Waals surface area contributed by atoms with Crippen molar-refractivity contribution in [2.75, 3.05) is 0 Å². The molecule has 0 atom stereocenters. The van der Waals surface area contributed by atoms with E-state index in [1.54, 1.807) is 11.3 Å². The molecule has 0 saturated heterocycles. The van der Waals surface area contributed by atoms with Crippen LogP contribution in [0.3, 0.4) is 0 Å². The molecule has 21 heavy (non-hydrogen) atoms. The molecule has 1 aliphatic rings. The second-order valence-electron chi connectivity index (χ2n) is 5.61. The highest BCUT2D eigenvalue weighted by molar-refractivity contribution is 7.13. The van der Waals surface area contributed by atoms with Crippen LogP contribution >= 0.6 is 11.3 Å². The van der Waals surface area contributed by atoms with Crippen LogP contribution in [0.5, 0.6) is 0 Å². The molecule has 1 saturated carbocycles. The van der Waals surface area contributed by atoms with Gasteiger partial charge in [0.25, 0.3) is 0 Å². The Balaban J connectivity index is 1.58. The van der Waals surface area contributed by atoms with E-state index in [1.165, 1.54) is 0 Å². The van der Waals surface area contributed by atoms with Gasteiger partial charge in [-0.3, -0.25) is 4.79 Å². The average Bonchev–Trinajstić information content (AvgIpc) is 2.96. The second kappa shape index (κ2) is 5.97. The summed E-state index contributed by atoms with van der Waals surface area (Å²) in [6.07, 6.45) is 3.20. The minimum absolute atomic E-state index is 0.184. The lowest BCUT2D eigenvalue weighted by Gasteiger charge is -2.26. The van der Waals surface area contributed by atoms with Gasteiger partial charge in [-0.1, -0.05) is 11.2 Å². The van der Waals surface area contributed by atoms with Gasteiger partial charge in [0.1, 0.15) is 0 Å². The number of rotatable bonds is 6. The molecule has 2 heterocycles.